The predicted molar refractivity (Wildman–Crippen MR) is 142 cm³/mol. The van der Waals surface area contributed by atoms with Gasteiger partial charge in [0, 0.05) is 21.7 Å². The Morgan fingerprint density at radius 2 is 1.71 bits per heavy atom. The molecule has 35 heavy (non-hydrogen) atoms. The minimum absolute atomic E-state index is 0.116. The van der Waals surface area contributed by atoms with E-state index in [-0.39, 0.29) is 28.9 Å². The fraction of sp³-hybridized carbons (Fsp3) is 0.259. The minimum atomic E-state index is -3.82. The van der Waals surface area contributed by atoms with E-state index in [1.165, 1.54) is 17.7 Å². The van der Waals surface area contributed by atoms with Crippen LogP contribution in [-0.2, 0) is 10.0 Å². The van der Waals surface area contributed by atoms with Gasteiger partial charge in [0.15, 0.2) is 0 Å². The van der Waals surface area contributed by atoms with Crippen LogP contribution < -0.4 is 14.8 Å². The zero-order chi connectivity index (χ0) is 24.7. The standard InChI is InChI=1S/C27H26Cl2N2O3S/c1-16(2)34-21-8-6-17(7-9-21)27-24-5-3-4-23(24)25-15-22(10-11-26(25)30-27)35(32,33)31-20-13-18(28)12-19(29)14-20/h3-4,6-16,23-24,27,30-31H,5H2,1-2H3/t23-,24+,27+/m0/s1. The maximum absolute atomic E-state index is 13.1. The average molecular weight is 529 g/mol. The van der Waals surface area contributed by atoms with Crippen molar-refractivity contribution in [3.63, 3.8) is 0 Å². The van der Waals surface area contributed by atoms with Crippen LogP contribution in [0.1, 0.15) is 43.4 Å². The summed E-state index contributed by atoms with van der Waals surface area (Å²) in [6.45, 7) is 4.02. The second-order valence-electron chi connectivity index (χ2n) is 9.22. The highest BCUT2D eigenvalue weighted by molar-refractivity contribution is 7.92. The number of nitrogens with one attached hydrogen (secondary N) is 2. The molecule has 0 unspecified atom stereocenters. The molecule has 3 aromatic carbocycles. The van der Waals surface area contributed by atoms with Crippen molar-refractivity contribution in [1.29, 1.82) is 0 Å². The first kappa shape index (κ1) is 24.0. The van der Waals surface area contributed by atoms with Crippen molar-refractivity contribution in [3.05, 3.63) is 94.0 Å². The van der Waals surface area contributed by atoms with Gasteiger partial charge in [-0.15, -0.1) is 0 Å². The molecule has 1 aliphatic heterocycles. The summed E-state index contributed by atoms with van der Waals surface area (Å²) in [7, 11) is -3.82. The number of sulfonamides is 1. The molecule has 8 heteroatoms. The number of rotatable bonds is 6. The molecule has 0 fully saturated rings. The minimum Gasteiger partial charge on any atom is -0.491 e. The molecular weight excluding hydrogens is 503 g/mol. The van der Waals surface area contributed by atoms with E-state index < -0.39 is 10.0 Å². The van der Waals surface area contributed by atoms with E-state index >= 15 is 0 Å². The summed E-state index contributed by atoms with van der Waals surface area (Å²) in [5.74, 6) is 1.26. The third-order valence-electron chi connectivity index (χ3n) is 6.37. The van der Waals surface area contributed by atoms with Crippen molar-refractivity contribution in [2.24, 2.45) is 5.92 Å². The lowest BCUT2D eigenvalue weighted by Crippen LogP contribution is -2.29. The zero-order valence-corrected chi connectivity index (χ0v) is 21.7. The molecule has 5 rings (SSSR count). The summed E-state index contributed by atoms with van der Waals surface area (Å²) in [4.78, 5) is 0.196. The SMILES string of the molecule is CC(C)Oc1ccc([C@H]2Nc3ccc(S(=O)(=O)Nc4cc(Cl)cc(Cl)c4)cc3[C@H]3C=CC[C@H]32)cc1. The molecule has 0 bridgehead atoms. The van der Waals surface area contributed by atoms with E-state index in [2.05, 4.69) is 34.3 Å². The van der Waals surface area contributed by atoms with Crippen LogP contribution in [0, 0.1) is 5.92 Å². The lowest BCUT2D eigenvalue weighted by molar-refractivity contribution is 0.242. The summed E-state index contributed by atoms with van der Waals surface area (Å²) >= 11 is 12.1. The van der Waals surface area contributed by atoms with Gasteiger partial charge in [0.25, 0.3) is 10.0 Å². The van der Waals surface area contributed by atoms with Gasteiger partial charge in [-0.2, -0.15) is 0 Å². The van der Waals surface area contributed by atoms with Crippen LogP contribution in [0.2, 0.25) is 10.0 Å². The molecule has 0 spiro atoms. The van der Waals surface area contributed by atoms with Gasteiger partial charge < -0.3 is 10.1 Å². The Balaban J connectivity index is 1.43. The molecule has 1 aliphatic carbocycles. The number of halogens is 2. The Kier molecular flexibility index (Phi) is 6.47. The Labute approximate surface area is 216 Å². The first-order valence-corrected chi connectivity index (χ1v) is 13.8. The number of allylic oxidation sites excluding steroid dienone is 2. The number of fused-ring (bicyclic) bond motifs is 3. The van der Waals surface area contributed by atoms with Gasteiger partial charge >= 0.3 is 0 Å². The van der Waals surface area contributed by atoms with Crippen molar-refractivity contribution in [2.75, 3.05) is 10.0 Å². The van der Waals surface area contributed by atoms with E-state index in [0.29, 0.717) is 15.7 Å². The van der Waals surface area contributed by atoms with E-state index in [1.54, 1.807) is 18.2 Å². The van der Waals surface area contributed by atoms with Crippen molar-refractivity contribution >= 4 is 44.6 Å². The molecule has 0 radical (unpaired) electrons. The molecule has 0 saturated carbocycles. The molecule has 182 valence electrons. The Hall–Kier alpha value is -2.67. The van der Waals surface area contributed by atoms with E-state index in [1.807, 2.05) is 32.0 Å². The molecule has 0 amide bonds. The van der Waals surface area contributed by atoms with Crippen LogP contribution in [0.4, 0.5) is 11.4 Å². The predicted octanol–water partition coefficient (Wildman–Crippen LogP) is 7.41. The fourth-order valence-electron chi connectivity index (χ4n) is 4.92. The summed E-state index contributed by atoms with van der Waals surface area (Å²) in [5, 5.41) is 4.38. The number of hydrogen-bond donors (Lipinski definition) is 2. The highest BCUT2D eigenvalue weighted by Crippen LogP contribution is 2.50. The first-order valence-electron chi connectivity index (χ1n) is 11.5. The van der Waals surface area contributed by atoms with Crippen molar-refractivity contribution in [3.8, 4) is 5.75 Å². The van der Waals surface area contributed by atoms with Crippen LogP contribution in [-0.4, -0.2) is 14.5 Å². The van der Waals surface area contributed by atoms with Gasteiger partial charge in [0.2, 0.25) is 0 Å². The molecule has 2 N–H and O–H groups in total. The largest absolute Gasteiger partial charge is 0.491 e. The molecule has 0 saturated heterocycles. The first-order chi connectivity index (χ1) is 16.7. The quantitative estimate of drug-likeness (QED) is 0.327. The molecule has 5 nitrogen and oxygen atoms in total. The van der Waals surface area contributed by atoms with Crippen LogP contribution >= 0.6 is 23.2 Å². The van der Waals surface area contributed by atoms with Gasteiger partial charge in [-0.05, 0) is 85.8 Å². The topological polar surface area (TPSA) is 67.4 Å². The van der Waals surface area contributed by atoms with Gasteiger partial charge in [-0.3, -0.25) is 4.72 Å². The molecule has 3 aromatic rings. The van der Waals surface area contributed by atoms with Crippen LogP contribution in [0.3, 0.4) is 0 Å². The molecular formula is C27H26Cl2N2O3S. The molecule has 1 heterocycles. The summed E-state index contributed by atoms with van der Waals surface area (Å²) < 4.78 is 34.7. The van der Waals surface area contributed by atoms with Gasteiger partial charge in [0.1, 0.15) is 5.75 Å². The lowest BCUT2D eigenvalue weighted by Gasteiger charge is -2.37. The van der Waals surface area contributed by atoms with Crippen molar-refractivity contribution in [1.82, 2.24) is 0 Å². The molecule has 3 atom stereocenters. The number of ether oxygens (including phenoxy) is 1. The van der Waals surface area contributed by atoms with Gasteiger partial charge in [-0.1, -0.05) is 47.5 Å². The number of anilines is 2. The van der Waals surface area contributed by atoms with Crippen LogP contribution in [0.25, 0.3) is 0 Å². The van der Waals surface area contributed by atoms with Crippen molar-refractivity contribution < 1.29 is 13.2 Å². The van der Waals surface area contributed by atoms with E-state index in [0.717, 1.165) is 23.4 Å². The lowest BCUT2D eigenvalue weighted by atomic mass is 9.77. The second-order valence-corrected chi connectivity index (χ2v) is 11.8. The maximum Gasteiger partial charge on any atom is 0.261 e. The van der Waals surface area contributed by atoms with Crippen LogP contribution in [0.5, 0.6) is 5.75 Å². The average Bonchev–Trinajstić information content (AvgIpc) is 3.28. The highest BCUT2D eigenvalue weighted by Gasteiger charge is 2.38. The molecule has 2 aliphatic rings. The van der Waals surface area contributed by atoms with E-state index in [4.69, 9.17) is 27.9 Å². The third kappa shape index (κ3) is 5.01. The summed E-state index contributed by atoms with van der Waals surface area (Å²) in [6, 6.07) is 18.2. The Morgan fingerprint density at radius 3 is 2.40 bits per heavy atom. The monoisotopic (exact) mass is 528 g/mol. The maximum atomic E-state index is 13.1. The third-order valence-corrected chi connectivity index (χ3v) is 8.19. The van der Waals surface area contributed by atoms with Crippen molar-refractivity contribution in [2.45, 2.75) is 43.2 Å². The van der Waals surface area contributed by atoms with Gasteiger partial charge in [0.05, 0.1) is 22.7 Å². The van der Waals surface area contributed by atoms with Crippen LogP contribution in [0.15, 0.2) is 77.7 Å². The smallest absolute Gasteiger partial charge is 0.261 e. The fourth-order valence-corrected chi connectivity index (χ4v) is 6.52. The Morgan fingerprint density at radius 1 is 1.00 bits per heavy atom. The normalized spacial score (nSPS) is 20.8. The van der Waals surface area contributed by atoms with Gasteiger partial charge in [-0.25, -0.2) is 8.42 Å². The summed E-state index contributed by atoms with van der Waals surface area (Å²) in [6.07, 6.45) is 5.42. The highest BCUT2D eigenvalue weighted by atomic mass is 35.5. The second kappa shape index (κ2) is 9.41. The Bertz CT molecular complexity index is 1370. The molecule has 0 aromatic heterocycles. The summed E-state index contributed by atoms with van der Waals surface area (Å²) in [5.41, 5.74) is 3.42. The number of hydrogen-bond acceptors (Lipinski definition) is 4. The zero-order valence-electron chi connectivity index (χ0n) is 19.3. The number of benzene rings is 3. The van der Waals surface area contributed by atoms with E-state index in [9.17, 15) is 8.42 Å².